The van der Waals surface area contributed by atoms with Gasteiger partial charge in [-0.1, -0.05) is 86.6 Å². The maximum atomic E-state index is 16.1. The molecule has 3 aromatic carbocycles. The topological polar surface area (TPSA) is 94.1 Å². The van der Waals surface area contributed by atoms with E-state index in [1.807, 2.05) is 84.9 Å². The summed E-state index contributed by atoms with van der Waals surface area (Å²) in [5, 5.41) is 3.52. The highest BCUT2D eigenvalue weighted by atomic mass is 19.2. The second-order valence-corrected chi connectivity index (χ2v) is 11.1. The number of nitrogens with one attached hydrogen (secondary N) is 2. The minimum absolute atomic E-state index is 0.0140. The van der Waals surface area contributed by atoms with Crippen LogP contribution in [0.25, 0.3) is 11.2 Å². The van der Waals surface area contributed by atoms with Crippen molar-refractivity contribution in [2.75, 3.05) is 12.4 Å². The zero-order chi connectivity index (χ0) is 30.4. The number of methoxy groups -OCH3 is 1. The van der Waals surface area contributed by atoms with Gasteiger partial charge in [-0.25, -0.2) is 13.8 Å². The molecule has 3 heterocycles. The van der Waals surface area contributed by atoms with Crippen molar-refractivity contribution < 1.29 is 18.3 Å². The van der Waals surface area contributed by atoms with Crippen LogP contribution >= 0.6 is 0 Å². The summed E-state index contributed by atoms with van der Waals surface area (Å²) in [5.74, 6) is -2.45. The summed E-state index contributed by atoms with van der Waals surface area (Å²) in [6.45, 7) is 4.40. The number of hydrogen-bond donors (Lipinski definition) is 2. The van der Waals surface area contributed by atoms with E-state index < -0.39 is 34.8 Å². The van der Waals surface area contributed by atoms with Gasteiger partial charge in [-0.3, -0.25) is 14.3 Å². The van der Waals surface area contributed by atoms with Crippen LogP contribution in [-0.2, 0) is 10.3 Å². The summed E-state index contributed by atoms with van der Waals surface area (Å²) in [5.41, 5.74) is -1.03. The van der Waals surface area contributed by atoms with Crippen molar-refractivity contribution in [1.82, 2.24) is 19.5 Å². The fourth-order valence-electron chi connectivity index (χ4n) is 6.02. The summed E-state index contributed by atoms with van der Waals surface area (Å²) in [6.07, 6.45) is -0.136. The van der Waals surface area contributed by atoms with E-state index in [0.717, 1.165) is 16.7 Å². The van der Waals surface area contributed by atoms with Crippen LogP contribution in [0.2, 0.25) is 0 Å². The van der Waals surface area contributed by atoms with Gasteiger partial charge in [0.15, 0.2) is 23.1 Å². The van der Waals surface area contributed by atoms with Crippen LogP contribution in [-0.4, -0.2) is 38.2 Å². The SMILES string of the molecule is CC[C@@]1(F)O[C@H](n2cnc3c(=O)[nH]c(NC(c4ccccc4)(c4ccccc4)c4ccc(OC)cc4)nc32)[C@](C)(F)[C@@H]1C. The highest BCUT2D eigenvalue weighted by Gasteiger charge is 2.61. The number of benzene rings is 3. The summed E-state index contributed by atoms with van der Waals surface area (Å²) in [4.78, 5) is 25.1. The van der Waals surface area contributed by atoms with Crippen LogP contribution in [0.1, 0.15) is 50.1 Å². The third-order valence-corrected chi connectivity index (χ3v) is 8.69. The molecule has 6 rings (SSSR count). The van der Waals surface area contributed by atoms with Crippen LogP contribution < -0.4 is 15.6 Å². The fraction of sp³-hybridized carbons (Fsp3) is 0.303. The molecular formula is C33H33F2N5O3. The molecule has 2 N–H and O–H groups in total. The third kappa shape index (κ3) is 4.57. The van der Waals surface area contributed by atoms with Crippen LogP contribution in [0.5, 0.6) is 5.75 Å². The molecular weight excluding hydrogens is 552 g/mol. The molecule has 0 aliphatic carbocycles. The summed E-state index contributed by atoms with van der Waals surface area (Å²) < 4.78 is 44.1. The highest BCUT2D eigenvalue weighted by molar-refractivity contribution is 5.72. The first-order valence-electron chi connectivity index (χ1n) is 14.2. The van der Waals surface area contributed by atoms with Crippen molar-refractivity contribution in [2.45, 2.75) is 50.5 Å². The zero-order valence-electron chi connectivity index (χ0n) is 24.3. The van der Waals surface area contributed by atoms with E-state index in [2.05, 4.69) is 15.3 Å². The first-order chi connectivity index (χ1) is 20.6. The van der Waals surface area contributed by atoms with E-state index >= 15 is 8.78 Å². The van der Waals surface area contributed by atoms with E-state index in [9.17, 15) is 4.79 Å². The second kappa shape index (κ2) is 10.6. The van der Waals surface area contributed by atoms with Gasteiger partial charge < -0.3 is 14.8 Å². The Morgan fingerprint density at radius 1 is 1.00 bits per heavy atom. The molecule has 0 spiro atoms. The molecule has 1 aliphatic heterocycles. The summed E-state index contributed by atoms with van der Waals surface area (Å²) >= 11 is 0. The van der Waals surface area contributed by atoms with Crippen molar-refractivity contribution >= 4 is 17.1 Å². The Morgan fingerprint density at radius 3 is 2.12 bits per heavy atom. The summed E-state index contributed by atoms with van der Waals surface area (Å²) in [7, 11) is 1.60. The van der Waals surface area contributed by atoms with Crippen molar-refractivity contribution in [3.05, 3.63) is 118 Å². The van der Waals surface area contributed by atoms with E-state index in [1.165, 1.54) is 24.7 Å². The number of aromatic amines is 1. The third-order valence-electron chi connectivity index (χ3n) is 8.69. The van der Waals surface area contributed by atoms with Crippen LogP contribution in [0.3, 0.4) is 0 Å². The lowest BCUT2D eigenvalue weighted by atomic mass is 9.77. The second-order valence-electron chi connectivity index (χ2n) is 11.1. The lowest BCUT2D eigenvalue weighted by Gasteiger charge is -2.37. The molecule has 0 bridgehead atoms. The minimum Gasteiger partial charge on any atom is -0.497 e. The number of hydrogen-bond acceptors (Lipinski definition) is 6. The van der Waals surface area contributed by atoms with Gasteiger partial charge in [0.05, 0.1) is 19.4 Å². The zero-order valence-corrected chi connectivity index (χ0v) is 24.3. The number of alkyl halides is 2. The number of fused-ring (bicyclic) bond motifs is 1. The number of rotatable bonds is 8. The molecule has 222 valence electrons. The van der Waals surface area contributed by atoms with Crippen molar-refractivity contribution in [1.29, 1.82) is 0 Å². The number of anilines is 1. The van der Waals surface area contributed by atoms with Crippen LogP contribution in [0.4, 0.5) is 14.7 Å². The molecule has 1 saturated heterocycles. The Bertz CT molecular complexity index is 1750. The molecule has 0 unspecified atom stereocenters. The Morgan fingerprint density at radius 2 is 1.58 bits per heavy atom. The fourth-order valence-corrected chi connectivity index (χ4v) is 6.02. The smallest absolute Gasteiger partial charge is 0.280 e. The van der Waals surface area contributed by atoms with Gasteiger partial charge in [0, 0.05) is 6.42 Å². The minimum atomic E-state index is -2.18. The van der Waals surface area contributed by atoms with E-state index in [1.54, 1.807) is 14.0 Å². The maximum Gasteiger partial charge on any atom is 0.280 e. The number of nitrogens with zero attached hydrogens (tertiary/aromatic N) is 3. The largest absolute Gasteiger partial charge is 0.497 e. The monoisotopic (exact) mass is 585 g/mol. The van der Waals surface area contributed by atoms with Crippen molar-refractivity contribution in [3.8, 4) is 5.75 Å². The lowest BCUT2D eigenvalue weighted by molar-refractivity contribution is -0.172. The molecule has 43 heavy (non-hydrogen) atoms. The Kier molecular flexibility index (Phi) is 7.04. The molecule has 10 heteroatoms. The van der Waals surface area contributed by atoms with E-state index in [4.69, 9.17) is 14.5 Å². The van der Waals surface area contributed by atoms with Crippen molar-refractivity contribution in [3.63, 3.8) is 0 Å². The van der Waals surface area contributed by atoms with Gasteiger partial charge in [0.2, 0.25) is 11.8 Å². The molecule has 1 aliphatic rings. The standard InChI is InChI=1S/C33H33F2N5O3/c1-5-32(35)21(2)31(3,34)29(43-32)40-20-36-26-27(40)37-30(38-28(26)41)39-33(22-12-8-6-9-13-22,23-14-10-7-11-15-23)24-16-18-25(42-4)19-17-24/h6-21,29H,5H2,1-4H3,(H2,37,38,39,41)/t21-,29-,31+,32+/m0/s1. The predicted molar refractivity (Wildman–Crippen MR) is 160 cm³/mol. The number of ether oxygens (including phenoxy) is 2. The molecule has 2 aromatic heterocycles. The van der Waals surface area contributed by atoms with Crippen LogP contribution in [0.15, 0.2) is 96.1 Å². The normalized spacial score (nSPS) is 23.9. The van der Waals surface area contributed by atoms with Crippen molar-refractivity contribution in [2.24, 2.45) is 5.92 Å². The Hall–Kier alpha value is -4.57. The molecule has 0 radical (unpaired) electrons. The van der Waals surface area contributed by atoms with Gasteiger partial charge in [-0.15, -0.1) is 0 Å². The number of imidazole rings is 1. The average molecular weight is 586 g/mol. The average Bonchev–Trinajstić information content (AvgIpc) is 3.53. The maximum absolute atomic E-state index is 16.1. The van der Waals surface area contributed by atoms with E-state index in [-0.39, 0.29) is 23.5 Å². The quantitative estimate of drug-likeness (QED) is 0.202. The van der Waals surface area contributed by atoms with E-state index in [0.29, 0.717) is 5.75 Å². The number of H-pyrrole nitrogens is 1. The molecule has 5 aromatic rings. The van der Waals surface area contributed by atoms with Gasteiger partial charge in [-0.2, -0.15) is 4.98 Å². The molecule has 8 nitrogen and oxygen atoms in total. The summed E-state index contributed by atoms with van der Waals surface area (Å²) in [6, 6.07) is 27.2. The number of aromatic nitrogens is 4. The molecule has 4 atom stereocenters. The van der Waals surface area contributed by atoms with Gasteiger partial charge in [0.25, 0.3) is 5.56 Å². The van der Waals surface area contributed by atoms with Gasteiger partial charge >= 0.3 is 0 Å². The first kappa shape index (κ1) is 28.5. The van der Waals surface area contributed by atoms with Gasteiger partial charge in [-0.05, 0) is 35.7 Å². The highest BCUT2D eigenvalue weighted by Crippen LogP contribution is 2.53. The predicted octanol–water partition coefficient (Wildman–Crippen LogP) is 6.50. The number of halogens is 2. The molecule has 0 saturated carbocycles. The molecule has 0 amide bonds. The van der Waals surface area contributed by atoms with Gasteiger partial charge in [0.1, 0.15) is 11.3 Å². The lowest BCUT2D eigenvalue weighted by Crippen LogP contribution is -2.39. The first-order valence-corrected chi connectivity index (χ1v) is 14.2. The Labute approximate surface area is 247 Å². The Balaban J connectivity index is 1.55. The van der Waals surface area contributed by atoms with Crippen LogP contribution in [0, 0.1) is 5.92 Å². The molecule has 1 fully saturated rings.